The number of nitrogens with one attached hydrogen (secondary N) is 1. The molecule has 5 rings (SSSR count). The lowest BCUT2D eigenvalue weighted by atomic mass is 9.33. The first-order chi connectivity index (χ1) is 10.9. The minimum atomic E-state index is -0.171. The highest BCUT2D eigenvalue weighted by atomic mass is 16.2. The van der Waals surface area contributed by atoms with E-state index in [1.807, 2.05) is 0 Å². The van der Waals surface area contributed by atoms with Crippen molar-refractivity contribution in [2.75, 3.05) is 6.54 Å². The summed E-state index contributed by atoms with van der Waals surface area (Å²) in [5, 5.41) is 3.28. The number of carbonyl (C=O) groups is 2. The first-order valence-electron chi connectivity index (χ1n) is 9.43. The molecule has 4 saturated carbocycles. The molecule has 2 unspecified atom stereocenters. The van der Waals surface area contributed by atoms with Gasteiger partial charge in [0.05, 0.1) is 0 Å². The van der Waals surface area contributed by atoms with Crippen molar-refractivity contribution in [3.8, 4) is 0 Å². The molecule has 6 atom stereocenters. The fourth-order valence-corrected chi connectivity index (χ4v) is 8.02. The fourth-order valence-electron chi connectivity index (χ4n) is 8.02. The van der Waals surface area contributed by atoms with Crippen LogP contribution in [0.3, 0.4) is 0 Å². The second-order valence-electron chi connectivity index (χ2n) is 9.34. The molecule has 1 heterocycles. The molecule has 1 amide bonds. The highest BCUT2D eigenvalue weighted by Gasteiger charge is 2.71. The lowest BCUT2D eigenvalue weighted by Crippen LogP contribution is -2.71. The monoisotopic (exact) mass is 313 g/mol. The van der Waals surface area contributed by atoms with Gasteiger partial charge in [0.2, 0.25) is 5.91 Å². The number of Topliss-reactive ketones (excluding diaryl/α,β-unsaturated/α-hetero) is 1. The van der Waals surface area contributed by atoms with Crippen LogP contribution in [0, 0.1) is 34.0 Å². The first-order valence-corrected chi connectivity index (χ1v) is 9.43. The lowest BCUT2D eigenvalue weighted by Gasteiger charge is -2.71. The molecule has 1 N–H and O–H groups in total. The van der Waals surface area contributed by atoms with E-state index in [1.165, 1.54) is 18.4 Å². The van der Waals surface area contributed by atoms with Crippen LogP contribution in [0.2, 0.25) is 0 Å². The van der Waals surface area contributed by atoms with Crippen LogP contribution < -0.4 is 5.32 Å². The summed E-state index contributed by atoms with van der Waals surface area (Å²) < 4.78 is 0. The Bertz CT molecular complexity index is 640. The summed E-state index contributed by atoms with van der Waals surface area (Å²) in [6.45, 7) is 7.26. The van der Waals surface area contributed by atoms with Crippen LogP contribution in [0.5, 0.6) is 0 Å². The topological polar surface area (TPSA) is 46.2 Å². The summed E-state index contributed by atoms with van der Waals surface area (Å²) >= 11 is 0. The van der Waals surface area contributed by atoms with E-state index >= 15 is 0 Å². The zero-order chi connectivity index (χ0) is 16.0. The van der Waals surface area contributed by atoms with E-state index < -0.39 is 0 Å². The molecule has 1 saturated heterocycles. The van der Waals surface area contributed by atoms with Gasteiger partial charge in [0.25, 0.3) is 0 Å². The number of amides is 1. The van der Waals surface area contributed by atoms with Gasteiger partial charge >= 0.3 is 0 Å². The van der Waals surface area contributed by atoms with Crippen molar-refractivity contribution in [2.45, 2.75) is 58.3 Å². The van der Waals surface area contributed by atoms with Crippen molar-refractivity contribution in [3.63, 3.8) is 0 Å². The number of hydrogen-bond acceptors (Lipinski definition) is 2. The molecule has 1 spiro atoms. The van der Waals surface area contributed by atoms with Gasteiger partial charge in [0.1, 0.15) is 5.78 Å². The summed E-state index contributed by atoms with van der Waals surface area (Å²) in [7, 11) is 0. The zero-order valence-electron chi connectivity index (χ0n) is 14.1. The Hall–Kier alpha value is -1.12. The Morgan fingerprint density at radius 2 is 1.91 bits per heavy atom. The summed E-state index contributed by atoms with van der Waals surface area (Å²) in [5.74, 6) is 2.02. The lowest BCUT2D eigenvalue weighted by molar-refractivity contribution is -0.208. The van der Waals surface area contributed by atoms with Gasteiger partial charge in [-0.1, -0.05) is 25.5 Å². The van der Waals surface area contributed by atoms with Crippen molar-refractivity contribution >= 4 is 11.7 Å². The molecule has 3 nitrogen and oxygen atoms in total. The molecule has 2 bridgehead atoms. The van der Waals surface area contributed by atoms with Crippen LogP contribution in [-0.2, 0) is 9.59 Å². The molecule has 23 heavy (non-hydrogen) atoms. The van der Waals surface area contributed by atoms with Gasteiger partial charge in [-0.05, 0) is 61.2 Å². The third kappa shape index (κ3) is 1.40. The van der Waals surface area contributed by atoms with E-state index in [4.69, 9.17) is 0 Å². The van der Waals surface area contributed by atoms with Crippen molar-refractivity contribution in [3.05, 3.63) is 12.2 Å². The maximum atomic E-state index is 12.6. The largest absolute Gasteiger partial charge is 0.355 e. The summed E-state index contributed by atoms with van der Waals surface area (Å²) in [6.07, 6.45) is 8.58. The van der Waals surface area contributed by atoms with Crippen molar-refractivity contribution in [1.82, 2.24) is 5.32 Å². The van der Waals surface area contributed by atoms with Crippen LogP contribution in [0.25, 0.3) is 0 Å². The quantitative estimate of drug-likeness (QED) is 0.698. The van der Waals surface area contributed by atoms with Crippen LogP contribution in [0.4, 0.5) is 0 Å². The van der Waals surface area contributed by atoms with Crippen LogP contribution in [0.1, 0.15) is 58.3 Å². The molecule has 0 aromatic heterocycles. The average Bonchev–Trinajstić information content (AvgIpc) is 2.49. The molecular weight excluding hydrogens is 286 g/mol. The Kier molecular flexibility index (Phi) is 2.54. The zero-order valence-corrected chi connectivity index (χ0v) is 14.1. The highest BCUT2D eigenvalue weighted by molar-refractivity contribution is 5.88. The van der Waals surface area contributed by atoms with E-state index in [0.29, 0.717) is 17.6 Å². The SMILES string of the molecule is C=C1C[C@]23CC[C@@H]4C5(C)CCCC4(CNC5=O)[C@@H]2CCC(=O)[C@H]13. The molecule has 124 valence electrons. The van der Waals surface area contributed by atoms with Gasteiger partial charge in [0.15, 0.2) is 0 Å². The molecule has 5 aliphatic rings. The van der Waals surface area contributed by atoms with E-state index in [1.54, 1.807) is 0 Å². The van der Waals surface area contributed by atoms with Gasteiger partial charge in [-0.2, -0.15) is 0 Å². The van der Waals surface area contributed by atoms with E-state index in [-0.39, 0.29) is 28.1 Å². The summed E-state index contributed by atoms with van der Waals surface area (Å²) in [6, 6.07) is 0. The first kappa shape index (κ1) is 14.2. The van der Waals surface area contributed by atoms with Crippen molar-refractivity contribution < 1.29 is 9.59 Å². The summed E-state index contributed by atoms with van der Waals surface area (Å²) in [5.41, 5.74) is 1.46. The molecular formula is C20H27NO2. The minimum absolute atomic E-state index is 0.141. The van der Waals surface area contributed by atoms with Gasteiger partial charge in [-0.3, -0.25) is 9.59 Å². The second-order valence-corrected chi connectivity index (χ2v) is 9.34. The standard InChI is InChI=1S/C20H27NO2/c1-12-10-19-9-6-14-18(2)7-3-8-20(14,11-21-17(18)23)15(19)5-4-13(22)16(12)19/h14-16H,1,3-11H2,2H3,(H,21,23)/t14-,15-,16+,18?,19-,20?/m1/s1. The van der Waals surface area contributed by atoms with Gasteiger partial charge < -0.3 is 5.32 Å². The Morgan fingerprint density at radius 1 is 1.09 bits per heavy atom. The Morgan fingerprint density at radius 3 is 2.70 bits per heavy atom. The fraction of sp³-hybridized carbons (Fsp3) is 0.800. The molecule has 0 radical (unpaired) electrons. The molecule has 4 aliphatic carbocycles. The Balaban J connectivity index is 1.62. The Labute approximate surface area is 138 Å². The normalized spacial score (nSPS) is 54.3. The van der Waals surface area contributed by atoms with Gasteiger partial charge in [0, 0.05) is 24.3 Å². The molecule has 0 aromatic rings. The smallest absolute Gasteiger partial charge is 0.226 e. The number of ketones is 1. The second kappa shape index (κ2) is 4.10. The third-order valence-electron chi connectivity index (χ3n) is 8.73. The van der Waals surface area contributed by atoms with E-state index in [0.717, 1.165) is 45.1 Å². The van der Waals surface area contributed by atoms with Gasteiger partial charge in [-0.15, -0.1) is 0 Å². The maximum Gasteiger partial charge on any atom is 0.226 e. The molecule has 0 aromatic carbocycles. The average molecular weight is 313 g/mol. The van der Waals surface area contributed by atoms with E-state index in [9.17, 15) is 9.59 Å². The van der Waals surface area contributed by atoms with Crippen molar-refractivity contribution in [2.24, 2.45) is 34.0 Å². The molecule has 3 heteroatoms. The third-order valence-corrected chi connectivity index (χ3v) is 8.73. The molecule has 1 aliphatic heterocycles. The van der Waals surface area contributed by atoms with E-state index in [2.05, 4.69) is 18.8 Å². The molecule has 5 fully saturated rings. The number of piperidine rings is 1. The van der Waals surface area contributed by atoms with Crippen LogP contribution in [0.15, 0.2) is 12.2 Å². The van der Waals surface area contributed by atoms with Gasteiger partial charge in [-0.25, -0.2) is 0 Å². The van der Waals surface area contributed by atoms with Crippen molar-refractivity contribution in [1.29, 1.82) is 0 Å². The summed E-state index contributed by atoms with van der Waals surface area (Å²) in [4.78, 5) is 25.2. The number of carbonyl (C=O) groups excluding carboxylic acids is 2. The predicted octanol–water partition coefficient (Wildman–Crippen LogP) is 3.24. The number of hydrogen-bond donors (Lipinski definition) is 1. The minimum Gasteiger partial charge on any atom is -0.355 e. The van der Waals surface area contributed by atoms with Crippen LogP contribution in [-0.4, -0.2) is 18.2 Å². The number of rotatable bonds is 0. The maximum absolute atomic E-state index is 12.6. The van der Waals surface area contributed by atoms with Crippen LogP contribution >= 0.6 is 0 Å². The number of allylic oxidation sites excluding steroid dienone is 1. The highest BCUT2D eigenvalue weighted by Crippen LogP contribution is 2.74. The predicted molar refractivity (Wildman–Crippen MR) is 87.5 cm³/mol.